The number of nitrogens with zero attached hydrogens (tertiary/aromatic N) is 1. The van der Waals surface area contributed by atoms with Crippen LogP contribution in [0.5, 0.6) is 0 Å². The maximum atomic E-state index is 12.1. The number of halogens is 1. The number of carbonyl (C=O) groups excluding carboxylic acids is 2. The number of hydrogen-bond acceptors (Lipinski definition) is 2. The fourth-order valence-corrected chi connectivity index (χ4v) is 2.54. The molecule has 0 aliphatic carbocycles. The van der Waals surface area contributed by atoms with E-state index in [0.717, 1.165) is 10.5 Å². The molecule has 0 spiro atoms. The number of amides is 2. The highest BCUT2D eigenvalue weighted by molar-refractivity contribution is 6.30. The molecule has 5 nitrogen and oxygen atoms in total. The lowest BCUT2D eigenvalue weighted by Crippen LogP contribution is -3.11. The van der Waals surface area contributed by atoms with Crippen molar-refractivity contribution in [2.45, 2.75) is 26.8 Å². The normalized spacial score (nSPS) is 13.3. The number of benzene rings is 1. The first-order valence-electron chi connectivity index (χ1n) is 8.01. The minimum atomic E-state index is -0.0916. The lowest BCUT2D eigenvalue weighted by Gasteiger charge is -2.21. The molecule has 2 atom stereocenters. The van der Waals surface area contributed by atoms with Crippen molar-refractivity contribution >= 4 is 23.4 Å². The van der Waals surface area contributed by atoms with Gasteiger partial charge in [-0.05, 0) is 38.5 Å². The smallest absolute Gasteiger partial charge is 0.277 e. The highest BCUT2D eigenvalue weighted by Gasteiger charge is 2.18. The zero-order valence-electron chi connectivity index (χ0n) is 14.4. The minimum absolute atomic E-state index is 0.0719. The molecule has 6 heteroatoms. The Morgan fingerprint density at radius 2 is 1.74 bits per heavy atom. The lowest BCUT2D eigenvalue weighted by atomic mass is 10.1. The Bertz CT molecular complexity index is 515. The van der Waals surface area contributed by atoms with Crippen molar-refractivity contribution in [2.75, 3.05) is 33.2 Å². The predicted octanol–water partition coefficient (Wildman–Crippen LogP) is 0.900. The van der Waals surface area contributed by atoms with Gasteiger partial charge in [-0.2, -0.15) is 0 Å². The maximum absolute atomic E-state index is 12.1. The Labute approximate surface area is 143 Å². The number of hydrogen-bond donors (Lipinski definition) is 2. The highest BCUT2D eigenvalue weighted by atomic mass is 35.5. The van der Waals surface area contributed by atoms with Gasteiger partial charge < -0.3 is 15.1 Å². The summed E-state index contributed by atoms with van der Waals surface area (Å²) >= 11 is 5.86. The molecule has 1 aromatic rings. The van der Waals surface area contributed by atoms with Crippen molar-refractivity contribution in [3.05, 3.63) is 34.9 Å². The summed E-state index contributed by atoms with van der Waals surface area (Å²) < 4.78 is 0. The van der Waals surface area contributed by atoms with Gasteiger partial charge in [0.1, 0.15) is 0 Å². The van der Waals surface area contributed by atoms with E-state index in [-0.39, 0.29) is 24.4 Å². The van der Waals surface area contributed by atoms with Gasteiger partial charge in [0.15, 0.2) is 13.1 Å². The molecule has 1 aromatic carbocycles. The van der Waals surface area contributed by atoms with Crippen LogP contribution < -0.4 is 10.2 Å². The molecule has 0 saturated carbocycles. The molecule has 0 aliphatic rings. The molecule has 128 valence electrons. The number of carbonyl (C=O) groups is 2. The largest absolute Gasteiger partial charge is 0.345 e. The van der Waals surface area contributed by atoms with Gasteiger partial charge in [-0.1, -0.05) is 23.7 Å². The Morgan fingerprint density at radius 3 is 2.26 bits per heavy atom. The fraction of sp³-hybridized carbons (Fsp3) is 0.529. The molecular formula is C17H27ClN3O2+. The van der Waals surface area contributed by atoms with Crippen molar-refractivity contribution in [3.63, 3.8) is 0 Å². The Balaban J connectivity index is 2.46. The summed E-state index contributed by atoms with van der Waals surface area (Å²) in [7, 11) is 1.86. The Hall–Kier alpha value is -1.59. The van der Waals surface area contributed by atoms with E-state index in [4.69, 9.17) is 11.6 Å². The first-order chi connectivity index (χ1) is 10.9. The molecule has 2 amide bonds. The summed E-state index contributed by atoms with van der Waals surface area (Å²) in [5.74, 6) is 0.00310. The first kappa shape index (κ1) is 19.5. The lowest BCUT2D eigenvalue weighted by molar-refractivity contribution is -0.863. The van der Waals surface area contributed by atoms with Gasteiger partial charge in [-0.3, -0.25) is 9.59 Å². The number of quaternary nitrogens is 1. The van der Waals surface area contributed by atoms with E-state index < -0.39 is 0 Å². The summed E-state index contributed by atoms with van der Waals surface area (Å²) in [4.78, 5) is 26.8. The van der Waals surface area contributed by atoms with Crippen molar-refractivity contribution in [1.29, 1.82) is 0 Å². The van der Waals surface area contributed by atoms with Gasteiger partial charge in [0.25, 0.3) is 11.8 Å². The average Bonchev–Trinajstić information content (AvgIpc) is 2.48. The highest BCUT2D eigenvalue weighted by Crippen LogP contribution is 2.15. The van der Waals surface area contributed by atoms with Gasteiger partial charge in [0.2, 0.25) is 0 Å². The predicted molar refractivity (Wildman–Crippen MR) is 92.6 cm³/mol. The quantitative estimate of drug-likeness (QED) is 0.739. The van der Waals surface area contributed by atoms with Crippen LogP contribution in [-0.4, -0.2) is 49.9 Å². The zero-order valence-corrected chi connectivity index (χ0v) is 15.1. The second-order valence-electron chi connectivity index (χ2n) is 5.72. The summed E-state index contributed by atoms with van der Waals surface area (Å²) in [5, 5.41) is 3.62. The summed E-state index contributed by atoms with van der Waals surface area (Å²) in [6, 6.07) is 7.31. The second kappa shape index (κ2) is 9.53. The number of nitrogens with one attached hydrogen (secondary N) is 2. The van der Waals surface area contributed by atoms with Crippen molar-refractivity contribution in [2.24, 2.45) is 0 Å². The maximum Gasteiger partial charge on any atom is 0.277 e. The molecule has 0 fully saturated rings. The van der Waals surface area contributed by atoms with E-state index >= 15 is 0 Å². The second-order valence-corrected chi connectivity index (χ2v) is 6.15. The van der Waals surface area contributed by atoms with E-state index in [1.165, 1.54) is 0 Å². The number of rotatable bonds is 8. The monoisotopic (exact) mass is 340 g/mol. The summed E-state index contributed by atoms with van der Waals surface area (Å²) in [5.41, 5.74) is 1.000. The van der Waals surface area contributed by atoms with Crippen molar-refractivity contribution < 1.29 is 14.5 Å². The number of likely N-dealkylation sites (N-methyl/N-ethyl adjacent to an activating group) is 2. The van der Waals surface area contributed by atoms with Gasteiger partial charge >= 0.3 is 0 Å². The van der Waals surface area contributed by atoms with Crippen LogP contribution in [0.25, 0.3) is 0 Å². The molecule has 0 aromatic heterocycles. The topological polar surface area (TPSA) is 53.9 Å². The molecule has 0 aliphatic heterocycles. The molecule has 2 N–H and O–H groups in total. The molecule has 1 rings (SSSR count). The fourth-order valence-electron chi connectivity index (χ4n) is 2.41. The third kappa shape index (κ3) is 6.59. The average molecular weight is 341 g/mol. The Morgan fingerprint density at radius 1 is 1.17 bits per heavy atom. The van der Waals surface area contributed by atoms with Crippen molar-refractivity contribution in [1.82, 2.24) is 10.2 Å². The van der Waals surface area contributed by atoms with Crippen LogP contribution in [0.4, 0.5) is 0 Å². The van der Waals surface area contributed by atoms with Crippen molar-refractivity contribution in [3.8, 4) is 0 Å². The van der Waals surface area contributed by atoms with Gasteiger partial charge in [0.05, 0.1) is 13.1 Å². The van der Waals surface area contributed by atoms with Crippen LogP contribution in [-0.2, 0) is 9.59 Å². The molecule has 0 heterocycles. The SMILES string of the molecule is CCN(CC)C(=O)C[NH+](C)CC(=O)N[C@H](C)c1ccc(Cl)cc1. The van der Waals surface area contributed by atoms with Crippen LogP contribution in [0, 0.1) is 0 Å². The summed E-state index contributed by atoms with van der Waals surface area (Å²) in [6.07, 6.45) is 0. The summed E-state index contributed by atoms with van der Waals surface area (Å²) in [6.45, 7) is 7.83. The van der Waals surface area contributed by atoms with E-state index in [9.17, 15) is 9.59 Å². The molecule has 0 bridgehead atoms. The van der Waals surface area contributed by atoms with Gasteiger partial charge in [0, 0.05) is 18.1 Å². The van der Waals surface area contributed by atoms with E-state index in [0.29, 0.717) is 24.7 Å². The molecule has 0 radical (unpaired) electrons. The van der Waals surface area contributed by atoms with Gasteiger partial charge in [-0.15, -0.1) is 0 Å². The van der Waals surface area contributed by atoms with Crippen LogP contribution >= 0.6 is 11.6 Å². The third-order valence-electron chi connectivity index (χ3n) is 3.78. The molecule has 0 saturated heterocycles. The van der Waals surface area contributed by atoms with Crippen LogP contribution in [0.2, 0.25) is 5.02 Å². The standard InChI is InChI=1S/C17H26ClN3O2/c1-5-21(6-2)17(23)12-20(4)11-16(22)19-13(3)14-7-9-15(18)10-8-14/h7-10,13H,5-6,11-12H2,1-4H3,(H,19,22)/p+1/t13-/m1/s1. The molecule has 1 unspecified atom stereocenters. The molecular weight excluding hydrogens is 314 g/mol. The van der Waals surface area contributed by atoms with E-state index in [1.807, 2.05) is 40.0 Å². The minimum Gasteiger partial charge on any atom is -0.345 e. The van der Waals surface area contributed by atoms with E-state index in [1.54, 1.807) is 17.0 Å². The van der Waals surface area contributed by atoms with Crippen LogP contribution in [0.1, 0.15) is 32.4 Å². The molecule has 23 heavy (non-hydrogen) atoms. The van der Waals surface area contributed by atoms with E-state index in [2.05, 4.69) is 5.32 Å². The zero-order chi connectivity index (χ0) is 17.4. The third-order valence-corrected chi connectivity index (χ3v) is 4.03. The van der Waals surface area contributed by atoms with Crippen LogP contribution in [0.3, 0.4) is 0 Å². The Kier molecular flexibility index (Phi) is 8.06. The first-order valence-corrected chi connectivity index (χ1v) is 8.39. The van der Waals surface area contributed by atoms with Gasteiger partial charge in [-0.25, -0.2) is 0 Å². The van der Waals surface area contributed by atoms with Crippen LogP contribution in [0.15, 0.2) is 24.3 Å².